The van der Waals surface area contributed by atoms with Crippen LogP contribution in [0.4, 0.5) is 0 Å². The first-order valence-electron chi connectivity index (χ1n) is 6.19. The average molecular weight is 213 g/mol. The highest BCUT2D eigenvalue weighted by molar-refractivity contribution is 5.80. The molecule has 0 aliphatic heterocycles. The van der Waals surface area contributed by atoms with Gasteiger partial charge in [-0.1, -0.05) is 34.6 Å². The summed E-state index contributed by atoms with van der Waals surface area (Å²) in [5.41, 5.74) is 0. The number of Topliss-reactive ketones (excluding diaryl/α,β-unsaturated/α-hetero) is 1. The van der Waals surface area contributed by atoms with E-state index in [0.717, 1.165) is 25.9 Å². The Morgan fingerprint density at radius 3 is 1.87 bits per heavy atom. The van der Waals surface area contributed by atoms with E-state index in [9.17, 15) is 4.79 Å². The Bertz CT molecular complexity index is 165. The lowest BCUT2D eigenvalue weighted by atomic mass is 10.1. The van der Waals surface area contributed by atoms with Crippen LogP contribution in [0.2, 0.25) is 0 Å². The van der Waals surface area contributed by atoms with Crippen LogP contribution in [-0.2, 0) is 4.79 Å². The minimum absolute atomic E-state index is 0.388. The van der Waals surface area contributed by atoms with Crippen molar-refractivity contribution in [1.82, 2.24) is 4.90 Å². The Labute approximate surface area is 95.0 Å². The second kappa shape index (κ2) is 7.86. The summed E-state index contributed by atoms with van der Waals surface area (Å²) in [5, 5.41) is 0. The van der Waals surface area contributed by atoms with Crippen LogP contribution in [0.15, 0.2) is 0 Å². The van der Waals surface area contributed by atoms with Crippen molar-refractivity contribution < 1.29 is 4.79 Å². The van der Waals surface area contributed by atoms with Gasteiger partial charge in [-0.15, -0.1) is 0 Å². The van der Waals surface area contributed by atoms with E-state index >= 15 is 0 Å². The van der Waals surface area contributed by atoms with Crippen LogP contribution in [0, 0.1) is 11.8 Å². The summed E-state index contributed by atoms with van der Waals surface area (Å²) in [5.74, 6) is 1.66. The minimum Gasteiger partial charge on any atom is -0.298 e. The molecule has 0 amide bonds. The van der Waals surface area contributed by atoms with E-state index in [1.807, 2.05) is 0 Å². The highest BCUT2D eigenvalue weighted by Gasteiger charge is 2.12. The molecule has 0 rings (SSSR count). The van der Waals surface area contributed by atoms with Crippen LogP contribution in [0.1, 0.15) is 47.5 Å². The van der Waals surface area contributed by atoms with Crippen molar-refractivity contribution >= 4 is 5.78 Å². The molecule has 15 heavy (non-hydrogen) atoms. The first kappa shape index (κ1) is 14.6. The van der Waals surface area contributed by atoms with Crippen LogP contribution in [-0.4, -0.2) is 30.3 Å². The standard InChI is InChI=1S/C13H27NO/c1-6-7-13(15)10-14(8-11(2)3)9-12(4)5/h11-12H,6-10H2,1-5H3. The van der Waals surface area contributed by atoms with Gasteiger partial charge in [0.05, 0.1) is 6.54 Å². The van der Waals surface area contributed by atoms with E-state index in [4.69, 9.17) is 0 Å². The smallest absolute Gasteiger partial charge is 0.146 e. The number of hydrogen-bond donors (Lipinski definition) is 0. The van der Waals surface area contributed by atoms with Crippen molar-refractivity contribution in [3.8, 4) is 0 Å². The molecule has 0 saturated carbocycles. The molecule has 0 aromatic carbocycles. The van der Waals surface area contributed by atoms with Gasteiger partial charge in [-0.2, -0.15) is 0 Å². The fourth-order valence-corrected chi connectivity index (χ4v) is 1.84. The van der Waals surface area contributed by atoms with Gasteiger partial charge >= 0.3 is 0 Å². The minimum atomic E-state index is 0.388. The summed E-state index contributed by atoms with van der Waals surface area (Å²) in [6.45, 7) is 13.6. The molecule has 90 valence electrons. The topological polar surface area (TPSA) is 20.3 Å². The van der Waals surface area contributed by atoms with E-state index in [2.05, 4.69) is 39.5 Å². The van der Waals surface area contributed by atoms with Crippen molar-refractivity contribution in [2.24, 2.45) is 11.8 Å². The predicted octanol–water partition coefficient (Wildman–Crippen LogP) is 2.97. The molecule has 0 aliphatic rings. The molecule has 0 bridgehead atoms. The Hall–Kier alpha value is -0.370. The Morgan fingerprint density at radius 1 is 1.07 bits per heavy atom. The van der Waals surface area contributed by atoms with Crippen molar-refractivity contribution in [3.63, 3.8) is 0 Å². The largest absolute Gasteiger partial charge is 0.298 e. The van der Waals surface area contributed by atoms with E-state index in [1.54, 1.807) is 0 Å². The van der Waals surface area contributed by atoms with Crippen LogP contribution >= 0.6 is 0 Å². The molecule has 0 aliphatic carbocycles. The molecule has 0 aromatic heterocycles. The number of hydrogen-bond acceptors (Lipinski definition) is 2. The van der Waals surface area contributed by atoms with Crippen LogP contribution < -0.4 is 0 Å². The third kappa shape index (κ3) is 8.61. The first-order chi connectivity index (χ1) is 6.95. The first-order valence-corrected chi connectivity index (χ1v) is 6.19. The van der Waals surface area contributed by atoms with Gasteiger partial charge < -0.3 is 0 Å². The van der Waals surface area contributed by atoms with Crippen LogP contribution in [0.25, 0.3) is 0 Å². The number of ketones is 1. The zero-order chi connectivity index (χ0) is 11.8. The number of carbonyl (C=O) groups is 1. The number of carbonyl (C=O) groups excluding carboxylic acids is 1. The Kier molecular flexibility index (Phi) is 7.67. The fourth-order valence-electron chi connectivity index (χ4n) is 1.84. The highest BCUT2D eigenvalue weighted by Crippen LogP contribution is 2.04. The van der Waals surface area contributed by atoms with Crippen molar-refractivity contribution in [2.45, 2.75) is 47.5 Å². The number of nitrogens with zero attached hydrogens (tertiary/aromatic N) is 1. The van der Waals surface area contributed by atoms with Crippen LogP contribution in [0.5, 0.6) is 0 Å². The number of rotatable bonds is 8. The van der Waals surface area contributed by atoms with E-state index < -0.39 is 0 Å². The second-order valence-corrected chi connectivity index (χ2v) is 5.27. The molecule has 2 nitrogen and oxygen atoms in total. The van der Waals surface area contributed by atoms with Crippen molar-refractivity contribution in [3.05, 3.63) is 0 Å². The van der Waals surface area contributed by atoms with Gasteiger partial charge in [-0.25, -0.2) is 0 Å². The molecule has 0 radical (unpaired) electrons. The molecule has 0 atom stereocenters. The lowest BCUT2D eigenvalue weighted by molar-refractivity contribution is -0.120. The van der Waals surface area contributed by atoms with Gasteiger partial charge in [0.1, 0.15) is 5.78 Å². The Balaban J connectivity index is 4.05. The van der Waals surface area contributed by atoms with Crippen LogP contribution in [0.3, 0.4) is 0 Å². The quantitative estimate of drug-likeness (QED) is 0.618. The highest BCUT2D eigenvalue weighted by atomic mass is 16.1. The summed E-state index contributed by atoms with van der Waals surface area (Å²) in [7, 11) is 0. The van der Waals surface area contributed by atoms with Gasteiger partial charge in [-0.3, -0.25) is 9.69 Å². The van der Waals surface area contributed by atoms with E-state index in [0.29, 0.717) is 24.2 Å². The average Bonchev–Trinajstić information content (AvgIpc) is 2.00. The monoisotopic (exact) mass is 213 g/mol. The zero-order valence-corrected chi connectivity index (χ0v) is 11.0. The zero-order valence-electron chi connectivity index (χ0n) is 11.0. The predicted molar refractivity (Wildman–Crippen MR) is 66.0 cm³/mol. The summed E-state index contributed by atoms with van der Waals surface area (Å²) >= 11 is 0. The third-order valence-corrected chi connectivity index (χ3v) is 2.18. The summed E-state index contributed by atoms with van der Waals surface area (Å²) in [6, 6.07) is 0. The molecule has 0 fully saturated rings. The molecule has 0 spiro atoms. The lowest BCUT2D eigenvalue weighted by Crippen LogP contribution is -2.35. The maximum Gasteiger partial charge on any atom is 0.146 e. The van der Waals surface area contributed by atoms with Gasteiger partial charge in [0.2, 0.25) is 0 Å². The Morgan fingerprint density at radius 2 is 1.53 bits per heavy atom. The molecular weight excluding hydrogens is 186 g/mol. The van der Waals surface area contributed by atoms with E-state index in [-0.39, 0.29) is 0 Å². The molecule has 0 unspecified atom stereocenters. The lowest BCUT2D eigenvalue weighted by Gasteiger charge is -2.25. The normalized spacial score (nSPS) is 11.7. The van der Waals surface area contributed by atoms with Crippen molar-refractivity contribution in [2.75, 3.05) is 19.6 Å². The molecule has 0 N–H and O–H groups in total. The molecule has 2 heteroatoms. The molecule has 0 heterocycles. The maximum atomic E-state index is 11.6. The SMILES string of the molecule is CCCC(=O)CN(CC(C)C)CC(C)C. The van der Waals surface area contributed by atoms with Gasteiger partial charge in [0, 0.05) is 19.5 Å². The maximum absolute atomic E-state index is 11.6. The van der Waals surface area contributed by atoms with Gasteiger partial charge in [0.15, 0.2) is 0 Å². The third-order valence-electron chi connectivity index (χ3n) is 2.18. The summed E-state index contributed by atoms with van der Waals surface area (Å²) in [6.07, 6.45) is 1.70. The molecule has 0 aromatic rings. The summed E-state index contributed by atoms with van der Waals surface area (Å²) in [4.78, 5) is 13.9. The van der Waals surface area contributed by atoms with Gasteiger partial charge in [0.25, 0.3) is 0 Å². The second-order valence-electron chi connectivity index (χ2n) is 5.27. The van der Waals surface area contributed by atoms with Gasteiger partial charge in [-0.05, 0) is 18.3 Å². The molecular formula is C13H27NO. The van der Waals surface area contributed by atoms with Crippen molar-refractivity contribution in [1.29, 1.82) is 0 Å². The molecule has 0 saturated heterocycles. The van der Waals surface area contributed by atoms with E-state index in [1.165, 1.54) is 0 Å². The summed E-state index contributed by atoms with van der Waals surface area (Å²) < 4.78 is 0. The fraction of sp³-hybridized carbons (Fsp3) is 0.923.